The molecule has 0 bridgehead atoms. The number of fused-ring (bicyclic) bond motifs is 1. The van der Waals surface area contributed by atoms with E-state index in [-0.39, 0.29) is 11.2 Å². The molecule has 3 rings (SSSR count). The first-order chi connectivity index (χ1) is 10.6. The number of rotatable bonds is 4. The summed E-state index contributed by atoms with van der Waals surface area (Å²) >= 11 is 0. The number of aryl methyl sites for hydroxylation is 2. The molecule has 0 saturated heterocycles. The third-order valence-corrected chi connectivity index (χ3v) is 3.71. The first-order valence-corrected chi connectivity index (χ1v) is 7.27. The fourth-order valence-electron chi connectivity index (χ4n) is 2.55. The van der Waals surface area contributed by atoms with Crippen LogP contribution < -0.4 is 11.2 Å². The van der Waals surface area contributed by atoms with Gasteiger partial charge < -0.3 is 4.98 Å². The van der Waals surface area contributed by atoms with Crippen molar-refractivity contribution in [2.24, 2.45) is 0 Å². The molecule has 1 N–H and O–H groups in total. The molecule has 0 amide bonds. The molecule has 22 heavy (non-hydrogen) atoms. The van der Waals surface area contributed by atoms with Gasteiger partial charge in [0.15, 0.2) is 0 Å². The van der Waals surface area contributed by atoms with Gasteiger partial charge in [0.1, 0.15) is 0 Å². The maximum Gasteiger partial charge on any atom is 0.328 e. The second kappa shape index (κ2) is 5.97. The molecule has 0 aliphatic rings. The normalized spacial score (nSPS) is 11.0. The molecule has 112 valence electrons. The van der Waals surface area contributed by atoms with Crippen LogP contribution in [0.4, 0.5) is 0 Å². The molecule has 2 aromatic heterocycles. The third-order valence-electron chi connectivity index (χ3n) is 3.71. The molecule has 0 aliphatic heterocycles. The highest BCUT2D eigenvalue weighted by Crippen LogP contribution is 2.08. The molecule has 5 nitrogen and oxygen atoms in total. The molecule has 3 aromatic rings. The minimum Gasteiger partial charge on any atom is -0.307 e. The second-order valence-corrected chi connectivity index (χ2v) is 5.40. The van der Waals surface area contributed by atoms with E-state index in [0.29, 0.717) is 23.9 Å². The molecule has 5 heteroatoms. The minimum absolute atomic E-state index is 0.228. The first kappa shape index (κ1) is 14.3. The summed E-state index contributed by atoms with van der Waals surface area (Å²) in [5, 5.41) is 0.556. The van der Waals surface area contributed by atoms with Gasteiger partial charge in [-0.1, -0.05) is 17.7 Å². The Balaban J connectivity index is 1.87. The molecule has 0 atom stereocenters. The maximum atomic E-state index is 12.5. The fourth-order valence-corrected chi connectivity index (χ4v) is 2.55. The molecule has 0 fully saturated rings. The summed E-state index contributed by atoms with van der Waals surface area (Å²) < 4.78 is 1.28. The van der Waals surface area contributed by atoms with Crippen molar-refractivity contribution in [3.8, 4) is 0 Å². The monoisotopic (exact) mass is 295 g/mol. The Kier molecular flexibility index (Phi) is 3.87. The molecule has 0 spiro atoms. The highest BCUT2D eigenvalue weighted by atomic mass is 16.2. The lowest BCUT2D eigenvalue weighted by molar-refractivity contribution is 0.596. The lowest BCUT2D eigenvalue weighted by Gasteiger charge is -2.07. The Labute approximate surface area is 127 Å². The first-order valence-electron chi connectivity index (χ1n) is 7.27. The average Bonchev–Trinajstić information content (AvgIpc) is 2.52. The highest BCUT2D eigenvalue weighted by Gasteiger charge is 2.07. The van der Waals surface area contributed by atoms with Crippen molar-refractivity contribution >= 4 is 10.9 Å². The van der Waals surface area contributed by atoms with E-state index in [1.165, 1.54) is 4.57 Å². The van der Waals surface area contributed by atoms with Crippen molar-refractivity contribution in [1.82, 2.24) is 14.5 Å². The van der Waals surface area contributed by atoms with E-state index in [0.717, 1.165) is 17.5 Å². The largest absolute Gasteiger partial charge is 0.328 e. The Hall–Kier alpha value is -2.69. The Morgan fingerprint density at radius 1 is 1.23 bits per heavy atom. The van der Waals surface area contributed by atoms with Crippen LogP contribution in [0.5, 0.6) is 0 Å². The summed E-state index contributed by atoms with van der Waals surface area (Å²) in [4.78, 5) is 31.4. The lowest BCUT2D eigenvalue weighted by atomic mass is 10.1. The number of hydrogen-bond donors (Lipinski definition) is 1. The van der Waals surface area contributed by atoms with Crippen LogP contribution in [0.1, 0.15) is 17.5 Å². The molecular formula is C17H17N3O2. The predicted molar refractivity (Wildman–Crippen MR) is 86.1 cm³/mol. The standard InChI is InChI=1S/C17H17N3O2/c1-12-6-7-15-14(10-12)16(21)20(17(22)19-15)9-3-5-13-4-2-8-18-11-13/h2,4,6-8,10-11H,3,5,9H2,1H3,(H,19,22). The predicted octanol–water partition coefficient (Wildman–Crippen LogP) is 2.03. The van der Waals surface area contributed by atoms with E-state index in [4.69, 9.17) is 0 Å². The van der Waals surface area contributed by atoms with Gasteiger partial charge in [0.2, 0.25) is 0 Å². The molecular weight excluding hydrogens is 278 g/mol. The van der Waals surface area contributed by atoms with Crippen LogP contribution in [0.2, 0.25) is 0 Å². The van der Waals surface area contributed by atoms with E-state index < -0.39 is 0 Å². The van der Waals surface area contributed by atoms with Crippen molar-refractivity contribution in [2.45, 2.75) is 26.3 Å². The highest BCUT2D eigenvalue weighted by molar-refractivity contribution is 5.77. The van der Waals surface area contributed by atoms with Crippen LogP contribution in [0.25, 0.3) is 10.9 Å². The average molecular weight is 295 g/mol. The SMILES string of the molecule is Cc1ccc2[nH]c(=O)n(CCCc3cccnc3)c(=O)c2c1. The van der Waals surface area contributed by atoms with Crippen LogP contribution in [0.15, 0.2) is 52.3 Å². The van der Waals surface area contributed by atoms with Gasteiger partial charge in [-0.15, -0.1) is 0 Å². The van der Waals surface area contributed by atoms with Crippen LogP contribution >= 0.6 is 0 Å². The van der Waals surface area contributed by atoms with Crippen molar-refractivity contribution in [3.05, 3.63) is 74.7 Å². The summed E-state index contributed by atoms with van der Waals surface area (Å²) in [6.07, 6.45) is 5.03. The van der Waals surface area contributed by atoms with E-state index in [1.54, 1.807) is 18.5 Å². The van der Waals surface area contributed by atoms with Gasteiger partial charge in [-0.3, -0.25) is 14.3 Å². The molecule has 0 radical (unpaired) electrons. The summed E-state index contributed by atoms with van der Waals surface area (Å²) in [5.41, 5.74) is 2.10. The van der Waals surface area contributed by atoms with Gasteiger partial charge in [-0.25, -0.2) is 4.79 Å². The molecule has 2 heterocycles. The fraction of sp³-hybridized carbons (Fsp3) is 0.235. The molecule has 0 unspecified atom stereocenters. The number of nitrogens with one attached hydrogen (secondary N) is 1. The number of pyridine rings is 1. The zero-order valence-corrected chi connectivity index (χ0v) is 12.4. The summed E-state index contributed by atoms with van der Waals surface area (Å²) in [7, 11) is 0. The van der Waals surface area contributed by atoms with Crippen LogP contribution in [0.3, 0.4) is 0 Å². The molecule has 1 aromatic carbocycles. The smallest absolute Gasteiger partial charge is 0.307 e. The Bertz CT molecular complexity index is 911. The van der Waals surface area contributed by atoms with Crippen molar-refractivity contribution in [2.75, 3.05) is 0 Å². The van der Waals surface area contributed by atoms with Gasteiger partial charge in [-0.05, 0) is 43.5 Å². The Morgan fingerprint density at radius 3 is 2.86 bits per heavy atom. The van der Waals surface area contributed by atoms with E-state index in [2.05, 4.69) is 9.97 Å². The van der Waals surface area contributed by atoms with E-state index >= 15 is 0 Å². The Morgan fingerprint density at radius 2 is 2.09 bits per heavy atom. The number of hydrogen-bond acceptors (Lipinski definition) is 3. The number of nitrogens with zero attached hydrogens (tertiary/aromatic N) is 2. The van der Waals surface area contributed by atoms with Crippen LogP contribution in [-0.4, -0.2) is 14.5 Å². The van der Waals surface area contributed by atoms with E-state index in [9.17, 15) is 9.59 Å². The van der Waals surface area contributed by atoms with Gasteiger partial charge in [0, 0.05) is 18.9 Å². The van der Waals surface area contributed by atoms with E-state index in [1.807, 2.05) is 31.2 Å². The van der Waals surface area contributed by atoms with Crippen LogP contribution in [0, 0.1) is 6.92 Å². The van der Waals surface area contributed by atoms with Gasteiger partial charge >= 0.3 is 5.69 Å². The van der Waals surface area contributed by atoms with Gasteiger partial charge in [0.05, 0.1) is 10.9 Å². The zero-order chi connectivity index (χ0) is 15.5. The van der Waals surface area contributed by atoms with Crippen LogP contribution in [-0.2, 0) is 13.0 Å². The van der Waals surface area contributed by atoms with Crippen molar-refractivity contribution < 1.29 is 0 Å². The number of H-pyrrole nitrogens is 1. The maximum absolute atomic E-state index is 12.5. The van der Waals surface area contributed by atoms with Crippen molar-refractivity contribution in [3.63, 3.8) is 0 Å². The summed E-state index contributed by atoms with van der Waals surface area (Å²) in [6, 6.07) is 9.33. The summed E-state index contributed by atoms with van der Waals surface area (Å²) in [5.74, 6) is 0. The lowest BCUT2D eigenvalue weighted by Crippen LogP contribution is -2.35. The number of aromatic nitrogens is 3. The zero-order valence-electron chi connectivity index (χ0n) is 12.4. The number of benzene rings is 1. The molecule has 0 saturated carbocycles. The van der Waals surface area contributed by atoms with Crippen molar-refractivity contribution in [1.29, 1.82) is 0 Å². The number of aromatic amines is 1. The minimum atomic E-state index is -0.354. The third kappa shape index (κ3) is 2.83. The van der Waals surface area contributed by atoms with Gasteiger partial charge in [0.25, 0.3) is 5.56 Å². The summed E-state index contributed by atoms with van der Waals surface area (Å²) in [6.45, 7) is 2.32. The van der Waals surface area contributed by atoms with Gasteiger partial charge in [-0.2, -0.15) is 0 Å². The topological polar surface area (TPSA) is 67.8 Å². The molecule has 0 aliphatic carbocycles. The quantitative estimate of drug-likeness (QED) is 0.800. The second-order valence-electron chi connectivity index (χ2n) is 5.40.